The molecule has 154 valence electrons. The van der Waals surface area contributed by atoms with E-state index in [0.717, 1.165) is 37.7 Å². The van der Waals surface area contributed by atoms with E-state index in [1.165, 1.54) is 12.8 Å². The van der Waals surface area contributed by atoms with E-state index in [1.807, 2.05) is 24.3 Å². The number of urea groups is 1. The van der Waals surface area contributed by atoms with Gasteiger partial charge in [-0.1, -0.05) is 6.07 Å². The molecular formula is C21H27N5O3. The highest BCUT2D eigenvalue weighted by Gasteiger charge is 2.32. The molecule has 8 heteroatoms. The molecule has 8 nitrogen and oxygen atoms in total. The fourth-order valence-electron chi connectivity index (χ4n) is 3.71. The number of likely N-dealkylation sites (tertiary alicyclic amines) is 1. The van der Waals surface area contributed by atoms with Crippen molar-refractivity contribution < 1.29 is 14.3 Å². The SMILES string of the molecule is CCOC(=O)c1ccn(-c2cccc(NC(=O)NC3CCN(C4CC4)CC3)c2)n1. The number of piperidine rings is 1. The van der Waals surface area contributed by atoms with Crippen LogP contribution in [0.25, 0.3) is 5.69 Å². The van der Waals surface area contributed by atoms with E-state index in [-0.39, 0.29) is 17.8 Å². The largest absolute Gasteiger partial charge is 0.461 e. The second-order valence-electron chi connectivity index (χ2n) is 7.56. The number of hydrogen-bond donors (Lipinski definition) is 2. The van der Waals surface area contributed by atoms with E-state index < -0.39 is 5.97 Å². The van der Waals surface area contributed by atoms with Gasteiger partial charge in [-0.05, 0) is 56.9 Å². The van der Waals surface area contributed by atoms with Crippen LogP contribution in [0.1, 0.15) is 43.1 Å². The van der Waals surface area contributed by atoms with Gasteiger partial charge in [0.25, 0.3) is 0 Å². The number of nitrogens with one attached hydrogen (secondary N) is 2. The Morgan fingerprint density at radius 3 is 2.69 bits per heavy atom. The van der Waals surface area contributed by atoms with Crippen molar-refractivity contribution >= 4 is 17.7 Å². The average Bonchev–Trinajstić information content (AvgIpc) is 3.44. The highest BCUT2D eigenvalue weighted by molar-refractivity contribution is 5.90. The molecule has 2 amide bonds. The van der Waals surface area contributed by atoms with Crippen LogP contribution in [0.4, 0.5) is 10.5 Å². The van der Waals surface area contributed by atoms with Crippen LogP contribution in [-0.2, 0) is 4.74 Å². The number of ether oxygens (including phenoxy) is 1. The van der Waals surface area contributed by atoms with Gasteiger partial charge < -0.3 is 20.3 Å². The maximum atomic E-state index is 12.4. The van der Waals surface area contributed by atoms with E-state index in [1.54, 1.807) is 23.9 Å². The number of aromatic nitrogens is 2. The lowest BCUT2D eigenvalue weighted by Gasteiger charge is -2.32. The van der Waals surface area contributed by atoms with E-state index >= 15 is 0 Å². The maximum absolute atomic E-state index is 12.4. The van der Waals surface area contributed by atoms with Crippen LogP contribution in [0, 0.1) is 0 Å². The summed E-state index contributed by atoms with van der Waals surface area (Å²) >= 11 is 0. The number of nitrogens with zero attached hydrogens (tertiary/aromatic N) is 3. The van der Waals surface area contributed by atoms with E-state index in [0.29, 0.717) is 12.3 Å². The Labute approximate surface area is 170 Å². The lowest BCUT2D eigenvalue weighted by molar-refractivity contribution is 0.0519. The Morgan fingerprint density at radius 2 is 1.97 bits per heavy atom. The van der Waals surface area contributed by atoms with E-state index in [4.69, 9.17) is 4.74 Å². The first kappa shape index (κ1) is 19.4. The van der Waals surface area contributed by atoms with Crippen molar-refractivity contribution in [3.05, 3.63) is 42.2 Å². The summed E-state index contributed by atoms with van der Waals surface area (Å²) in [5.74, 6) is -0.451. The van der Waals surface area contributed by atoms with Crippen molar-refractivity contribution in [3.63, 3.8) is 0 Å². The van der Waals surface area contributed by atoms with Crippen molar-refractivity contribution in [3.8, 4) is 5.69 Å². The van der Waals surface area contributed by atoms with Crippen LogP contribution in [0.5, 0.6) is 0 Å². The predicted octanol–water partition coefficient (Wildman–Crippen LogP) is 2.80. The maximum Gasteiger partial charge on any atom is 0.358 e. The third kappa shape index (κ3) is 4.95. The van der Waals surface area contributed by atoms with Gasteiger partial charge in [-0.15, -0.1) is 0 Å². The number of benzene rings is 1. The first-order valence-corrected chi connectivity index (χ1v) is 10.3. The summed E-state index contributed by atoms with van der Waals surface area (Å²) in [6, 6.07) is 9.76. The molecule has 2 heterocycles. The van der Waals surface area contributed by atoms with Gasteiger partial charge in [-0.2, -0.15) is 5.10 Å². The Balaban J connectivity index is 1.32. The molecule has 1 aliphatic carbocycles. The molecule has 4 rings (SSSR count). The molecule has 2 fully saturated rings. The molecule has 2 N–H and O–H groups in total. The molecule has 0 bridgehead atoms. The van der Waals surface area contributed by atoms with Gasteiger partial charge in [-0.3, -0.25) is 0 Å². The van der Waals surface area contributed by atoms with Gasteiger partial charge >= 0.3 is 12.0 Å². The molecule has 0 spiro atoms. The van der Waals surface area contributed by atoms with Crippen LogP contribution < -0.4 is 10.6 Å². The average molecular weight is 397 g/mol. The number of amides is 2. The number of anilines is 1. The van der Waals surface area contributed by atoms with Crippen molar-refractivity contribution in [2.24, 2.45) is 0 Å². The highest BCUT2D eigenvalue weighted by atomic mass is 16.5. The first-order chi connectivity index (χ1) is 14.1. The molecule has 1 saturated carbocycles. The summed E-state index contributed by atoms with van der Waals surface area (Å²) in [5.41, 5.74) is 1.67. The topological polar surface area (TPSA) is 88.5 Å². The van der Waals surface area contributed by atoms with Gasteiger partial charge in [0.1, 0.15) is 0 Å². The molecule has 29 heavy (non-hydrogen) atoms. The normalized spacial score (nSPS) is 17.7. The van der Waals surface area contributed by atoms with E-state index in [9.17, 15) is 9.59 Å². The van der Waals surface area contributed by atoms with Crippen molar-refractivity contribution in [2.75, 3.05) is 25.0 Å². The standard InChI is InChI=1S/C21H27N5O3/c1-2-29-20(27)19-10-13-26(24-19)18-5-3-4-16(14-18)23-21(28)22-15-8-11-25(12-9-15)17-6-7-17/h3-5,10,13-15,17H,2,6-9,11-12H2,1H3,(H2,22,23,28). The number of hydrogen-bond acceptors (Lipinski definition) is 5. The zero-order chi connectivity index (χ0) is 20.2. The van der Waals surface area contributed by atoms with Crippen molar-refractivity contribution in [2.45, 2.75) is 44.7 Å². The predicted molar refractivity (Wildman–Crippen MR) is 109 cm³/mol. The first-order valence-electron chi connectivity index (χ1n) is 10.3. The molecule has 2 aliphatic rings. The van der Waals surface area contributed by atoms with Gasteiger partial charge in [0.2, 0.25) is 0 Å². The Hall–Kier alpha value is -2.87. The van der Waals surface area contributed by atoms with Crippen molar-refractivity contribution in [1.29, 1.82) is 0 Å². The lowest BCUT2D eigenvalue weighted by Crippen LogP contribution is -2.46. The fraction of sp³-hybridized carbons (Fsp3) is 0.476. The molecule has 1 saturated heterocycles. The zero-order valence-electron chi connectivity index (χ0n) is 16.6. The van der Waals surface area contributed by atoms with Gasteiger partial charge in [0.05, 0.1) is 12.3 Å². The van der Waals surface area contributed by atoms with Gasteiger partial charge in [-0.25, -0.2) is 14.3 Å². The lowest BCUT2D eigenvalue weighted by atomic mass is 10.1. The summed E-state index contributed by atoms with van der Waals surface area (Å²) in [4.78, 5) is 26.7. The molecule has 0 unspecified atom stereocenters. The highest BCUT2D eigenvalue weighted by Crippen LogP contribution is 2.29. The summed E-state index contributed by atoms with van der Waals surface area (Å²) < 4.78 is 6.55. The second-order valence-corrected chi connectivity index (χ2v) is 7.56. The van der Waals surface area contributed by atoms with Crippen LogP contribution in [0.2, 0.25) is 0 Å². The molecule has 2 aromatic rings. The Bertz CT molecular complexity index is 869. The molecule has 0 radical (unpaired) electrons. The number of carbonyl (C=O) groups is 2. The molecule has 1 aromatic heterocycles. The number of rotatable bonds is 6. The minimum atomic E-state index is -0.451. The van der Waals surface area contributed by atoms with Crippen LogP contribution in [-0.4, -0.2) is 58.5 Å². The molecular weight excluding hydrogens is 370 g/mol. The summed E-state index contributed by atoms with van der Waals surface area (Å²) in [5, 5.41) is 10.2. The molecule has 1 aliphatic heterocycles. The fourth-order valence-corrected chi connectivity index (χ4v) is 3.71. The zero-order valence-corrected chi connectivity index (χ0v) is 16.6. The van der Waals surface area contributed by atoms with Crippen molar-refractivity contribution in [1.82, 2.24) is 20.0 Å². The minimum Gasteiger partial charge on any atom is -0.461 e. The third-order valence-electron chi connectivity index (χ3n) is 5.37. The van der Waals surface area contributed by atoms with Crippen LogP contribution in [0.15, 0.2) is 36.5 Å². The van der Waals surface area contributed by atoms with Gasteiger partial charge in [0.15, 0.2) is 5.69 Å². The summed E-state index contributed by atoms with van der Waals surface area (Å²) in [7, 11) is 0. The summed E-state index contributed by atoms with van der Waals surface area (Å²) in [6.07, 6.45) is 6.33. The van der Waals surface area contributed by atoms with E-state index in [2.05, 4.69) is 20.6 Å². The van der Waals surface area contributed by atoms with Crippen LogP contribution in [0.3, 0.4) is 0 Å². The smallest absolute Gasteiger partial charge is 0.358 e. The molecule has 0 atom stereocenters. The Morgan fingerprint density at radius 1 is 1.17 bits per heavy atom. The number of esters is 1. The second kappa shape index (κ2) is 8.65. The monoisotopic (exact) mass is 397 g/mol. The van der Waals surface area contributed by atoms with Gasteiger partial charge in [0, 0.05) is 37.1 Å². The minimum absolute atomic E-state index is 0.195. The third-order valence-corrected chi connectivity index (χ3v) is 5.37. The Kier molecular flexibility index (Phi) is 5.80. The quantitative estimate of drug-likeness (QED) is 0.732. The molecule has 1 aromatic carbocycles. The van der Waals surface area contributed by atoms with Crippen LogP contribution >= 0.6 is 0 Å². The summed E-state index contributed by atoms with van der Waals surface area (Å²) in [6.45, 7) is 4.19. The number of carbonyl (C=O) groups excluding carboxylic acids is 2.